The lowest BCUT2D eigenvalue weighted by Gasteiger charge is -2.25. The van der Waals surface area contributed by atoms with Gasteiger partial charge in [-0.05, 0) is 51.2 Å². The first kappa shape index (κ1) is 15.1. The third kappa shape index (κ3) is 4.35. The summed E-state index contributed by atoms with van der Waals surface area (Å²) < 4.78 is 0. The highest BCUT2D eigenvalue weighted by Crippen LogP contribution is 2.16. The van der Waals surface area contributed by atoms with Gasteiger partial charge in [0.1, 0.15) is 0 Å². The topological polar surface area (TPSA) is 32.5 Å². The zero-order valence-electron chi connectivity index (χ0n) is 12.6. The van der Waals surface area contributed by atoms with Gasteiger partial charge < -0.3 is 15.5 Å². The van der Waals surface area contributed by atoms with Crippen LogP contribution < -0.4 is 5.73 Å². The summed E-state index contributed by atoms with van der Waals surface area (Å²) in [5.74, 6) is 5.93. The molecule has 2 N–H and O–H groups in total. The molecule has 3 heteroatoms. The van der Waals surface area contributed by atoms with Gasteiger partial charge in [0, 0.05) is 24.7 Å². The van der Waals surface area contributed by atoms with E-state index in [0.717, 1.165) is 24.7 Å². The van der Waals surface area contributed by atoms with E-state index in [1.54, 1.807) is 0 Å². The van der Waals surface area contributed by atoms with E-state index in [-0.39, 0.29) is 0 Å². The molecule has 1 aromatic carbocycles. The van der Waals surface area contributed by atoms with E-state index in [1.165, 1.54) is 24.9 Å². The molecule has 0 bridgehead atoms. The molecule has 1 atom stereocenters. The minimum Gasteiger partial charge on any atom is -0.320 e. The smallest absolute Gasteiger partial charge is 0.0555 e. The molecule has 108 valence electrons. The van der Waals surface area contributed by atoms with Crippen LogP contribution in [0.3, 0.4) is 0 Å². The van der Waals surface area contributed by atoms with Crippen molar-refractivity contribution in [1.29, 1.82) is 0 Å². The van der Waals surface area contributed by atoms with Crippen molar-refractivity contribution in [2.45, 2.75) is 25.4 Å². The highest BCUT2D eigenvalue weighted by atomic mass is 15.2. The first-order chi connectivity index (χ1) is 9.69. The van der Waals surface area contributed by atoms with Crippen LogP contribution in [0.2, 0.25) is 0 Å². The van der Waals surface area contributed by atoms with Gasteiger partial charge in [0.05, 0.1) is 6.54 Å². The maximum Gasteiger partial charge on any atom is 0.0555 e. The van der Waals surface area contributed by atoms with E-state index < -0.39 is 0 Å². The number of nitrogens with zero attached hydrogens (tertiary/aromatic N) is 2. The monoisotopic (exact) mass is 271 g/mol. The van der Waals surface area contributed by atoms with Gasteiger partial charge >= 0.3 is 0 Å². The Labute approximate surface area is 122 Å². The molecule has 0 saturated carbocycles. The second-order valence-electron chi connectivity index (χ2n) is 5.68. The van der Waals surface area contributed by atoms with Crippen LogP contribution in [-0.2, 0) is 6.54 Å². The molecule has 1 aromatic rings. The molecule has 0 aliphatic carbocycles. The van der Waals surface area contributed by atoms with E-state index in [4.69, 9.17) is 5.73 Å². The Morgan fingerprint density at radius 1 is 1.35 bits per heavy atom. The molecule has 0 radical (unpaired) electrons. The number of hydrogen-bond donors (Lipinski definition) is 1. The Morgan fingerprint density at radius 2 is 2.10 bits per heavy atom. The van der Waals surface area contributed by atoms with Crippen LogP contribution in [0.25, 0.3) is 0 Å². The van der Waals surface area contributed by atoms with Gasteiger partial charge in [0.2, 0.25) is 0 Å². The molecule has 1 saturated heterocycles. The average molecular weight is 271 g/mol. The summed E-state index contributed by atoms with van der Waals surface area (Å²) in [5, 5.41) is 0. The highest BCUT2D eigenvalue weighted by molar-refractivity contribution is 5.36. The summed E-state index contributed by atoms with van der Waals surface area (Å²) in [6.07, 6.45) is 2.66. The number of likely N-dealkylation sites (N-methyl/N-ethyl adjacent to an activating group) is 2. The summed E-state index contributed by atoms with van der Waals surface area (Å²) in [7, 11) is 4.44. The second kappa shape index (κ2) is 7.44. The first-order valence-electron chi connectivity index (χ1n) is 7.35. The fraction of sp³-hybridized carbons (Fsp3) is 0.529. The van der Waals surface area contributed by atoms with Crippen molar-refractivity contribution >= 4 is 0 Å². The van der Waals surface area contributed by atoms with Gasteiger partial charge in [-0.2, -0.15) is 0 Å². The zero-order chi connectivity index (χ0) is 14.4. The maximum absolute atomic E-state index is 5.38. The number of benzene rings is 1. The molecule has 0 amide bonds. The van der Waals surface area contributed by atoms with Gasteiger partial charge in [-0.25, -0.2) is 0 Å². The van der Waals surface area contributed by atoms with E-state index in [1.807, 2.05) is 0 Å². The van der Waals surface area contributed by atoms with Gasteiger partial charge in [0.25, 0.3) is 0 Å². The number of rotatable bonds is 4. The Kier molecular flexibility index (Phi) is 5.60. The Hall–Kier alpha value is -1.34. The molecule has 20 heavy (non-hydrogen) atoms. The second-order valence-corrected chi connectivity index (χ2v) is 5.68. The molecule has 1 unspecified atom stereocenters. The van der Waals surface area contributed by atoms with E-state index in [9.17, 15) is 0 Å². The predicted molar refractivity (Wildman–Crippen MR) is 84.4 cm³/mol. The SMILES string of the molecule is CN(Cc1ccc(C#CCN)cc1)CC1CCCN1C. The third-order valence-electron chi connectivity index (χ3n) is 3.94. The molecule has 3 nitrogen and oxygen atoms in total. The van der Waals surface area contributed by atoms with Gasteiger partial charge in [-0.15, -0.1) is 0 Å². The Morgan fingerprint density at radius 3 is 2.70 bits per heavy atom. The quantitative estimate of drug-likeness (QED) is 0.843. The van der Waals surface area contributed by atoms with Crippen LogP contribution in [0.15, 0.2) is 24.3 Å². The highest BCUT2D eigenvalue weighted by Gasteiger charge is 2.21. The lowest BCUT2D eigenvalue weighted by atomic mass is 10.1. The van der Waals surface area contributed by atoms with Crippen LogP contribution in [0.4, 0.5) is 0 Å². The van der Waals surface area contributed by atoms with Crippen LogP contribution in [0.5, 0.6) is 0 Å². The van der Waals surface area contributed by atoms with Crippen LogP contribution in [0.1, 0.15) is 24.0 Å². The molecule has 1 heterocycles. The van der Waals surface area contributed by atoms with Gasteiger partial charge in [-0.3, -0.25) is 0 Å². The molecule has 0 spiro atoms. The van der Waals surface area contributed by atoms with Crippen molar-refractivity contribution < 1.29 is 0 Å². The molecule has 1 fully saturated rings. The van der Waals surface area contributed by atoms with Crippen molar-refractivity contribution in [1.82, 2.24) is 9.80 Å². The minimum absolute atomic E-state index is 0.416. The molecule has 1 aliphatic rings. The van der Waals surface area contributed by atoms with Crippen molar-refractivity contribution in [3.05, 3.63) is 35.4 Å². The summed E-state index contributed by atoms with van der Waals surface area (Å²) in [5.41, 5.74) is 7.76. The molecular formula is C17H25N3. The molecule has 1 aliphatic heterocycles. The van der Waals surface area contributed by atoms with E-state index in [0.29, 0.717) is 6.54 Å². The number of hydrogen-bond acceptors (Lipinski definition) is 3. The van der Waals surface area contributed by atoms with Crippen LogP contribution in [0, 0.1) is 11.8 Å². The number of nitrogens with two attached hydrogens (primary N) is 1. The van der Waals surface area contributed by atoms with Crippen molar-refractivity contribution in [3.8, 4) is 11.8 Å². The standard InChI is InChI=1S/C17H25N3/c1-19(14-17-6-4-12-20(17)2)13-16-9-7-15(8-10-16)5-3-11-18/h7-10,17H,4,6,11-14,18H2,1-2H3. The lowest BCUT2D eigenvalue weighted by molar-refractivity contribution is 0.215. The fourth-order valence-corrected chi connectivity index (χ4v) is 2.79. The lowest BCUT2D eigenvalue weighted by Crippen LogP contribution is -2.36. The normalized spacial score (nSPS) is 19.1. The summed E-state index contributed by atoms with van der Waals surface area (Å²) in [6.45, 7) is 3.80. The Bertz CT molecular complexity index is 469. The Balaban J connectivity index is 1.86. The van der Waals surface area contributed by atoms with E-state index in [2.05, 4.69) is 60.0 Å². The first-order valence-corrected chi connectivity index (χ1v) is 7.35. The van der Waals surface area contributed by atoms with Crippen LogP contribution >= 0.6 is 0 Å². The summed E-state index contributed by atoms with van der Waals surface area (Å²) >= 11 is 0. The maximum atomic E-state index is 5.38. The molecule has 2 rings (SSSR count). The predicted octanol–water partition coefficient (Wildman–Crippen LogP) is 1.52. The fourth-order valence-electron chi connectivity index (χ4n) is 2.79. The van der Waals surface area contributed by atoms with Crippen molar-refractivity contribution in [2.75, 3.05) is 33.7 Å². The zero-order valence-corrected chi connectivity index (χ0v) is 12.6. The summed E-state index contributed by atoms with van der Waals surface area (Å²) in [4.78, 5) is 4.88. The van der Waals surface area contributed by atoms with Gasteiger partial charge in [0.15, 0.2) is 0 Å². The number of likely N-dealkylation sites (tertiary alicyclic amines) is 1. The molecule has 0 aromatic heterocycles. The largest absolute Gasteiger partial charge is 0.320 e. The van der Waals surface area contributed by atoms with Crippen molar-refractivity contribution in [3.63, 3.8) is 0 Å². The van der Waals surface area contributed by atoms with E-state index >= 15 is 0 Å². The summed E-state index contributed by atoms with van der Waals surface area (Å²) in [6, 6.07) is 9.20. The van der Waals surface area contributed by atoms with Crippen molar-refractivity contribution in [2.24, 2.45) is 5.73 Å². The third-order valence-corrected chi connectivity index (χ3v) is 3.94. The molecular weight excluding hydrogens is 246 g/mol. The van der Waals surface area contributed by atoms with Crippen LogP contribution in [-0.4, -0.2) is 49.6 Å². The van der Waals surface area contributed by atoms with Gasteiger partial charge in [-0.1, -0.05) is 24.0 Å². The average Bonchev–Trinajstić information content (AvgIpc) is 2.83. The minimum atomic E-state index is 0.416.